The minimum atomic E-state index is -0.950. The van der Waals surface area contributed by atoms with Crippen LogP contribution in [0.3, 0.4) is 0 Å². The fourth-order valence-corrected chi connectivity index (χ4v) is 1.44. The number of hydrogen-bond donors (Lipinski definition) is 2. The van der Waals surface area contributed by atoms with E-state index in [9.17, 15) is 14.4 Å². The number of carbonyl (C=O) groups is 3. The summed E-state index contributed by atoms with van der Waals surface area (Å²) in [7, 11) is 0. The summed E-state index contributed by atoms with van der Waals surface area (Å²) in [4.78, 5) is 32.6. The van der Waals surface area contributed by atoms with E-state index in [2.05, 4.69) is 0 Å². The van der Waals surface area contributed by atoms with Gasteiger partial charge in [0, 0.05) is 12.1 Å². The van der Waals surface area contributed by atoms with E-state index < -0.39 is 23.5 Å². The molecule has 90 valence electrons. The molecule has 0 aliphatic heterocycles. The molecule has 0 radical (unpaired) electrons. The highest BCUT2D eigenvalue weighted by Gasteiger charge is 2.17. The van der Waals surface area contributed by atoms with Crippen LogP contribution in [0.15, 0.2) is 23.8 Å². The highest BCUT2D eigenvalue weighted by Crippen LogP contribution is 2.13. The Bertz CT molecular complexity index is 445. The summed E-state index contributed by atoms with van der Waals surface area (Å²) in [6.07, 6.45) is 4.20. The Morgan fingerprint density at radius 2 is 2.00 bits per heavy atom. The first-order chi connectivity index (χ1) is 7.90. The lowest BCUT2D eigenvalue weighted by atomic mass is 9.96. The molecule has 0 amide bonds. The standard InChI is InChI=1S/C12H13NO4/c1-7(12(16)17)4-9(13)5-8-2-3-10(14)11(15)6-8/h2-3,6-7,13H,4-5H2,1H3,(H,16,17). The lowest BCUT2D eigenvalue weighted by Gasteiger charge is -2.09. The lowest BCUT2D eigenvalue weighted by Crippen LogP contribution is -2.16. The van der Waals surface area contributed by atoms with E-state index in [4.69, 9.17) is 10.5 Å². The van der Waals surface area contributed by atoms with Crippen molar-refractivity contribution in [2.75, 3.05) is 0 Å². The Kier molecular flexibility index (Phi) is 4.09. The van der Waals surface area contributed by atoms with Crippen LogP contribution >= 0.6 is 0 Å². The summed E-state index contributed by atoms with van der Waals surface area (Å²) >= 11 is 0. The van der Waals surface area contributed by atoms with Crippen molar-refractivity contribution in [3.05, 3.63) is 23.8 Å². The van der Waals surface area contributed by atoms with E-state index in [0.29, 0.717) is 5.57 Å². The number of rotatable bonds is 5. The van der Waals surface area contributed by atoms with Crippen LogP contribution in [0.5, 0.6) is 0 Å². The van der Waals surface area contributed by atoms with Gasteiger partial charge >= 0.3 is 5.97 Å². The van der Waals surface area contributed by atoms with E-state index >= 15 is 0 Å². The molecule has 17 heavy (non-hydrogen) atoms. The molecule has 0 heterocycles. The van der Waals surface area contributed by atoms with Crippen LogP contribution in [0.1, 0.15) is 19.8 Å². The van der Waals surface area contributed by atoms with Gasteiger partial charge in [-0.15, -0.1) is 0 Å². The Labute approximate surface area is 98.3 Å². The zero-order valence-corrected chi connectivity index (χ0v) is 9.40. The van der Waals surface area contributed by atoms with Crippen molar-refractivity contribution < 1.29 is 19.5 Å². The van der Waals surface area contributed by atoms with Crippen molar-refractivity contribution in [3.8, 4) is 0 Å². The summed E-state index contributed by atoms with van der Waals surface area (Å²) in [5, 5.41) is 16.3. The molecule has 1 atom stereocenters. The van der Waals surface area contributed by atoms with Gasteiger partial charge in [0.25, 0.3) is 0 Å². The highest BCUT2D eigenvalue weighted by molar-refractivity contribution is 6.46. The molecule has 0 spiro atoms. The van der Waals surface area contributed by atoms with Gasteiger partial charge in [-0.3, -0.25) is 14.4 Å². The summed E-state index contributed by atoms with van der Waals surface area (Å²) in [6, 6.07) is 0. The summed E-state index contributed by atoms with van der Waals surface area (Å²) < 4.78 is 0. The first-order valence-electron chi connectivity index (χ1n) is 5.16. The first kappa shape index (κ1) is 13.0. The average Bonchev–Trinajstić information content (AvgIpc) is 2.23. The fraction of sp³-hybridized carbons (Fsp3) is 0.333. The predicted octanol–water partition coefficient (Wildman–Crippen LogP) is 1.14. The van der Waals surface area contributed by atoms with Crippen molar-refractivity contribution in [3.63, 3.8) is 0 Å². The Morgan fingerprint density at radius 1 is 1.35 bits per heavy atom. The van der Waals surface area contributed by atoms with Gasteiger partial charge in [0.15, 0.2) is 0 Å². The van der Waals surface area contributed by atoms with E-state index in [1.807, 2.05) is 0 Å². The van der Waals surface area contributed by atoms with Gasteiger partial charge in [0.2, 0.25) is 11.6 Å². The molecular weight excluding hydrogens is 222 g/mol. The van der Waals surface area contributed by atoms with E-state index in [0.717, 1.165) is 0 Å². The maximum absolute atomic E-state index is 11.1. The maximum atomic E-state index is 11.1. The van der Waals surface area contributed by atoms with Crippen LogP contribution < -0.4 is 0 Å². The second-order valence-electron chi connectivity index (χ2n) is 4.00. The van der Waals surface area contributed by atoms with Crippen LogP contribution in [-0.2, 0) is 14.4 Å². The molecule has 5 heteroatoms. The topological polar surface area (TPSA) is 95.3 Å². The van der Waals surface area contributed by atoms with E-state index in [1.165, 1.54) is 25.2 Å². The summed E-state index contributed by atoms with van der Waals surface area (Å²) in [5.74, 6) is -2.73. The molecule has 1 unspecified atom stereocenters. The average molecular weight is 235 g/mol. The van der Waals surface area contributed by atoms with E-state index in [1.54, 1.807) is 0 Å². The third-order valence-electron chi connectivity index (χ3n) is 2.40. The van der Waals surface area contributed by atoms with Crippen molar-refractivity contribution >= 4 is 23.2 Å². The fourth-order valence-electron chi connectivity index (χ4n) is 1.44. The van der Waals surface area contributed by atoms with Crippen molar-refractivity contribution in [1.82, 2.24) is 0 Å². The summed E-state index contributed by atoms with van der Waals surface area (Å²) in [6.45, 7) is 1.52. The Balaban J connectivity index is 2.56. The third-order valence-corrected chi connectivity index (χ3v) is 2.40. The van der Waals surface area contributed by atoms with Gasteiger partial charge in [0.1, 0.15) is 0 Å². The molecule has 0 aromatic carbocycles. The van der Waals surface area contributed by atoms with Crippen LogP contribution in [0.4, 0.5) is 0 Å². The van der Waals surface area contributed by atoms with Crippen LogP contribution in [0.2, 0.25) is 0 Å². The molecular formula is C12H13NO4. The van der Waals surface area contributed by atoms with Crippen LogP contribution in [-0.4, -0.2) is 28.4 Å². The maximum Gasteiger partial charge on any atom is 0.306 e. The van der Waals surface area contributed by atoms with Crippen molar-refractivity contribution in [2.24, 2.45) is 5.92 Å². The quantitative estimate of drug-likeness (QED) is 0.424. The van der Waals surface area contributed by atoms with Gasteiger partial charge in [-0.1, -0.05) is 13.0 Å². The number of ketones is 2. The monoisotopic (exact) mass is 235 g/mol. The second kappa shape index (κ2) is 5.34. The molecule has 5 nitrogen and oxygen atoms in total. The van der Waals surface area contributed by atoms with Crippen LogP contribution in [0, 0.1) is 11.3 Å². The Morgan fingerprint density at radius 3 is 2.53 bits per heavy atom. The third kappa shape index (κ3) is 3.79. The number of nitrogens with one attached hydrogen (secondary N) is 1. The smallest absolute Gasteiger partial charge is 0.306 e. The molecule has 0 aromatic heterocycles. The molecule has 1 aliphatic rings. The van der Waals surface area contributed by atoms with E-state index in [-0.39, 0.29) is 18.6 Å². The second-order valence-corrected chi connectivity index (χ2v) is 4.00. The van der Waals surface area contributed by atoms with Crippen molar-refractivity contribution in [2.45, 2.75) is 19.8 Å². The molecule has 0 fully saturated rings. The number of carbonyl (C=O) groups excluding carboxylic acids is 2. The molecule has 0 saturated carbocycles. The largest absolute Gasteiger partial charge is 0.481 e. The highest BCUT2D eigenvalue weighted by atomic mass is 16.4. The molecule has 0 saturated heterocycles. The zero-order valence-electron chi connectivity index (χ0n) is 9.40. The SMILES string of the molecule is CC(CC(=N)CC1=CC(=O)C(=O)C=C1)C(=O)O. The van der Waals surface area contributed by atoms with Crippen molar-refractivity contribution in [1.29, 1.82) is 5.41 Å². The minimum Gasteiger partial charge on any atom is -0.481 e. The molecule has 0 bridgehead atoms. The molecule has 1 aliphatic carbocycles. The predicted molar refractivity (Wildman–Crippen MR) is 61.0 cm³/mol. The zero-order chi connectivity index (χ0) is 13.0. The van der Waals surface area contributed by atoms with Crippen LogP contribution in [0.25, 0.3) is 0 Å². The normalized spacial score (nSPS) is 16.6. The number of carboxylic acid groups (broad SMARTS) is 1. The summed E-state index contributed by atoms with van der Waals surface area (Å²) in [5.41, 5.74) is 0.801. The van der Waals surface area contributed by atoms with Gasteiger partial charge in [-0.2, -0.15) is 0 Å². The molecule has 2 N–H and O–H groups in total. The van der Waals surface area contributed by atoms with Gasteiger partial charge in [-0.05, 0) is 24.1 Å². The number of carboxylic acids is 1. The minimum absolute atomic E-state index is 0.142. The number of allylic oxidation sites excluding steroid dienone is 4. The van der Waals surface area contributed by atoms with Gasteiger partial charge in [0.05, 0.1) is 5.92 Å². The Hall–Kier alpha value is -2.04. The number of aliphatic carboxylic acids is 1. The molecule has 1 rings (SSSR count). The first-order valence-corrected chi connectivity index (χ1v) is 5.16. The molecule has 0 aromatic rings. The van der Waals surface area contributed by atoms with Gasteiger partial charge in [-0.25, -0.2) is 0 Å². The van der Waals surface area contributed by atoms with Gasteiger partial charge < -0.3 is 10.5 Å². The lowest BCUT2D eigenvalue weighted by molar-refractivity contribution is -0.140. The number of hydrogen-bond acceptors (Lipinski definition) is 4.